The third-order valence-corrected chi connectivity index (χ3v) is 6.13. The lowest BCUT2D eigenvalue weighted by atomic mass is 10.0. The Kier molecular flexibility index (Phi) is 5.54. The number of H-pyrrole nitrogens is 1. The molecule has 8 nitrogen and oxygen atoms in total. The van der Waals surface area contributed by atoms with Crippen molar-refractivity contribution in [2.24, 2.45) is 0 Å². The number of carbonyl (C=O) groups is 3. The Morgan fingerprint density at radius 1 is 1.22 bits per heavy atom. The van der Waals surface area contributed by atoms with Gasteiger partial charge in [0.25, 0.3) is 11.8 Å². The Balaban J connectivity index is 1.54. The highest BCUT2D eigenvalue weighted by Crippen LogP contribution is 2.34. The highest BCUT2D eigenvalue weighted by molar-refractivity contribution is 6.35. The Labute approximate surface area is 187 Å². The predicted octanol–water partition coefficient (Wildman–Crippen LogP) is 2.92. The Morgan fingerprint density at radius 3 is 2.69 bits per heavy atom. The molecule has 0 radical (unpaired) electrons. The molecule has 0 spiro atoms. The van der Waals surface area contributed by atoms with Gasteiger partial charge in [0.1, 0.15) is 0 Å². The van der Waals surface area contributed by atoms with E-state index in [1.54, 1.807) is 23.9 Å². The van der Waals surface area contributed by atoms with Gasteiger partial charge >= 0.3 is 6.03 Å². The third-order valence-electron chi connectivity index (χ3n) is 6.13. The molecule has 8 heteroatoms. The molecular formula is C24H29N5O3. The molecule has 1 atom stereocenters. The van der Waals surface area contributed by atoms with Crippen LogP contribution in [-0.2, 0) is 4.79 Å². The van der Waals surface area contributed by atoms with E-state index < -0.39 is 0 Å². The summed E-state index contributed by atoms with van der Waals surface area (Å²) in [5.74, 6) is -0.322. The van der Waals surface area contributed by atoms with E-state index in [1.807, 2.05) is 45.0 Å². The van der Waals surface area contributed by atoms with E-state index in [9.17, 15) is 14.4 Å². The number of fused-ring (bicyclic) bond motifs is 1. The van der Waals surface area contributed by atoms with Crippen LogP contribution in [0, 0.1) is 20.8 Å². The van der Waals surface area contributed by atoms with Gasteiger partial charge in [0.05, 0.1) is 11.1 Å². The van der Waals surface area contributed by atoms with Crippen molar-refractivity contribution in [3.05, 3.63) is 51.8 Å². The number of hydrogen-bond acceptors (Lipinski definition) is 3. The second-order valence-electron chi connectivity index (χ2n) is 8.81. The van der Waals surface area contributed by atoms with Crippen molar-refractivity contribution >= 4 is 35.2 Å². The zero-order chi connectivity index (χ0) is 23.2. The number of aryl methyl sites for hydroxylation is 2. The summed E-state index contributed by atoms with van der Waals surface area (Å²) >= 11 is 0. The number of nitrogens with one attached hydrogen (secondary N) is 3. The molecule has 168 valence electrons. The maximum atomic E-state index is 13.1. The second kappa shape index (κ2) is 8.18. The van der Waals surface area contributed by atoms with Gasteiger partial charge in [-0.05, 0) is 50.5 Å². The summed E-state index contributed by atoms with van der Waals surface area (Å²) in [6, 6.07) is 5.73. The minimum absolute atomic E-state index is 0.0463. The molecule has 2 aliphatic rings. The van der Waals surface area contributed by atoms with Gasteiger partial charge in [-0.3, -0.25) is 9.59 Å². The fourth-order valence-corrected chi connectivity index (χ4v) is 4.45. The molecule has 4 rings (SSSR count). The van der Waals surface area contributed by atoms with Crippen LogP contribution in [0.4, 0.5) is 10.5 Å². The topological polar surface area (TPSA) is 97.5 Å². The molecule has 0 aliphatic carbocycles. The lowest BCUT2D eigenvalue weighted by Crippen LogP contribution is -2.41. The first kappa shape index (κ1) is 21.7. The van der Waals surface area contributed by atoms with Crippen molar-refractivity contribution in [2.75, 3.05) is 32.5 Å². The Morgan fingerprint density at radius 2 is 1.97 bits per heavy atom. The summed E-state index contributed by atoms with van der Waals surface area (Å²) in [5.41, 5.74) is 6.17. The molecule has 1 aromatic heterocycles. The van der Waals surface area contributed by atoms with Gasteiger partial charge in [0, 0.05) is 55.9 Å². The van der Waals surface area contributed by atoms with Crippen LogP contribution in [0.5, 0.6) is 0 Å². The van der Waals surface area contributed by atoms with Crippen molar-refractivity contribution in [1.29, 1.82) is 0 Å². The number of aromatic nitrogens is 1. The van der Waals surface area contributed by atoms with Crippen LogP contribution >= 0.6 is 0 Å². The van der Waals surface area contributed by atoms with Crippen molar-refractivity contribution in [2.45, 2.75) is 33.2 Å². The minimum atomic E-state index is -0.169. The summed E-state index contributed by atoms with van der Waals surface area (Å²) in [6.45, 7) is 6.84. The van der Waals surface area contributed by atoms with E-state index in [-0.39, 0.29) is 23.9 Å². The zero-order valence-corrected chi connectivity index (χ0v) is 19.1. The number of aromatic amines is 1. The number of urea groups is 1. The summed E-state index contributed by atoms with van der Waals surface area (Å²) in [7, 11) is 3.45. The van der Waals surface area contributed by atoms with Gasteiger partial charge in [-0.2, -0.15) is 0 Å². The second-order valence-corrected chi connectivity index (χ2v) is 8.81. The van der Waals surface area contributed by atoms with E-state index >= 15 is 0 Å². The third kappa shape index (κ3) is 3.88. The number of carbonyl (C=O) groups excluding carboxylic acids is 3. The van der Waals surface area contributed by atoms with E-state index in [1.165, 1.54) is 0 Å². The molecule has 1 aromatic carbocycles. The summed E-state index contributed by atoms with van der Waals surface area (Å²) < 4.78 is 0. The van der Waals surface area contributed by atoms with Crippen molar-refractivity contribution in [1.82, 2.24) is 20.1 Å². The molecular weight excluding hydrogens is 406 g/mol. The molecule has 1 fully saturated rings. The Bertz CT molecular complexity index is 1140. The Hall–Kier alpha value is -3.55. The van der Waals surface area contributed by atoms with Gasteiger partial charge in [-0.15, -0.1) is 0 Å². The van der Waals surface area contributed by atoms with Crippen LogP contribution in [0.2, 0.25) is 0 Å². The first-order valence-electron chi connectivity index (χ1n) is 10.8. The molecule has 32 heavy (non-hydrogen) atoms. The number of nitrogens with zero attached hydrogens (tertiary/aromatic N) is 2. The highest BCUT2D eigenvalue weighted by atomic mass is 16.2. The lowest BCUT2D eigenvalue weighted by Gasteiger charge is -2.21. The fourth-order valence-electron chi connectivity index (χ4n) is 4.45. The van der Waals surface area contributed by atoms with Crippen LogP contribution in [0.3, 0.4) is 0 Å². The number of amides is 4. The fraction of sp³-hybridized carbons (Fsp3) is 0.375. The average molecular weight is 436 g/mol. The summed E-state index contributed by atoms with van der Waals surface area (Å²) in [6.07, 6.45) is 2.53. The average Bonchev–Trinajstić information content (AvgIpc) is 3.38. The lowest BCUT2D eigenvalue weighted by molar-refractivity contribution is -0.110. The van der Waals surface area contributed by atoms with Gasteiger partial charge in [-0.1, -0.05) is 12.1 Å². The number of anilines is 1. The zero-order valence-electron chi connectivity index (χ0n) is 19.1. The molecule has 1 unspecified atom stereocenters. The van der Waals surface area contributed by atoms with Crippen LogP contribution in [-0.4, -0.2) is 65.9 Å². The van der Waals surface area contributed by atoms with E-state index in [0.717, 1.165) is 40.2 Å². The quantitative estimate of drug-likeness (QED) is 0.647. The number of benzene rings is 1. The first-order valence-corrected chi connectivity index (χ1v) is 10.8. The summed E-state index contributed by atoms with van der Waals surface area (Å²) in [5, 5.41) is 5.97. The molecule has 4 amide bonds. The molecule has 3 N–H and O–H groups in total. The molecule has 1 saturated heterocycles. The van der Waals surface area contributed by atoms with E-state index in [4.69, 9.17) is 0 Å². The number of likely N-dealkylation sites (tertiary alicyclic amines) is 1. The molecule has 2 aromatic rings. The van der Waals surface area contributed by atoms with Crippen LogP contribution < -0.4 is 10.6 Å². The van der Waals surface area contributed by atoms with Crippen molar-refractivity contribution in [3.8, 4) is 0 Å². The SMILES string of the molecule is Cc1ccc2c(c1)NC(=O)/C2=C\c1[nH]c(C)c(C(=O)NC2CCN(C(=O)N(C)C)C2)c1C. The van der Waals surface area contributed by atoms with Gasteiger partial charge in [-0.25, -0.2) is 4.79 Å². The van der Waals surface area contributed by atoms with Crippen molar-refractivity contribution in [3.63, 3.8) is 0 Å². The van der Waals surface area contributed by atoms with Crippen LogP contribution in [0.1, 0.15) is 44.9 Å². The maximum Gasteiger partial charge on any atom is 0.319 e. The molecule has 0 saturated carbocycles. The maximum absolute atomic E-state index is 13.1. The highest BCUT2D eigenvalue weighted by Gasteiger charge is 2.30. The molecule has 2 aliphatic heterocycles. The van der Waals surface area contributed by atoms with Gasteiger partial charge < -0.3 is 25.4 Å². The van der Waals surface area contributed by atoms with E-state index in [2.05, 4.69) is 15.6 Å². The largest absolute Gasteiger partial charge is 0.358 e. The monoisotopic (exact) mass is 435 g/mol. The predicted molar refractivity (Wildman–Crippen MR) is 124 cm³/mol. The summed E-state index contributed by atoms with van der Waals surface area (Å²) in [4.78, 5) is 44.3. The first-order chi connectivity index (χ1) is 15.2. The molecule has 0 bridgehead atoms. The van der Waals surface area contributed by atoms with Crippen LogP contribution in [0.15, 0.2) is 18.2 Å². The van der Waals surface area contributed by atoms with Gasteiger partial charge in [0.15, 0.2) is 0 Å². The number of rotatable bonds is 3. The smallest absolute Gasteiger partial charge is 0.319 e. The standard InChI is InChI=1S/C24H29N5O3/c1-13-6-7-17-18(22(30)27-20(17)10-13)11-19-14(2)21(15(3)25-19)23(31)26-16-8-9-29(12-16)24(32)28(4)5/h6-7,10-11,16,25H,8-9,12H2,1-5H3,(H,26,31)(H,27,30)/b18-11-. The van der Waals surface area contributed by atoms with Crippen LogP contribution in [0.25, 0.3) is 11.6 Å². The number of hydrogen-bond donors (Lipinski definition) is 3. The minimum Gasteiger partial charge on any atom is -0.358 e. The molecule has 3 heterocycles. The normalized spacial score (nSPS) is 18.7. The van der Waals surface area contributed by atoms with E-state index in [0.29, 0.717) is 24.2 Å². The van der Waals surface area contributed by atoms with Gasteiger partial charge in [0.2, 0.25) is 0 Å². The van der Waals surface area contributed by atoms with Crippen molar-refractivity contribution < 1.29 is 14.4 Å².